The van der Waals surface area contributed by atoms with Crippen LogP contribution in [0.3, 0.4) is 0 Å². The van der Waals surface area contributed by atoms with Gasteiger partial charge in [-0.2, -0.15) is 0 Å². The number of carbonyl (C=O) groups excluding carboxylic acids is 1. The predicted molar refractivity (Wildman–Crippen MR) is 128 cm³/mol. The lowest BCUT2D eigenvalue weighted by molar-refractivity contribution is 0.0750. The normalized spacial score (nSPS) is 14.4. The minimum atomic E-state index is -3.83. The van der Waals surface area contributed by atoms with E-state index in [0.717, 1.165) is 16.9 Å². The van der Waals surface area contributed by atoms with E-state index in [1.54, 1.807) is 55.1 Å². The highest BCUT2D eigenvalue weighted by atomic mass is 32.2. The third-order valence-corrected chi connectivity index (χ3v) is 8.28. The number of aryl methyl sites for hydroxylation is 3. The molecule has 3 aromatic rings. The molecule has 0 aliphatic carbocycles. The molecule has 0 atom stereocenters. The molecule has 2 aromatic carbocycles. The number of nitrogens with zero attached hydrogens (tertiary/aromatic N) is 3. The van der Waals surface area contributed by atoms with Crippen molar-refractivity contribution in [1.82, 2.24) is 9.88 Å². The second-order valence-electron chi connectivity index (χ2n) is 8.04. The molecule has 0 bridgehead atoms. The van der Waals surface area contributed by atoms with Gasteiger partial charge in [-0.1, -0.05) is 41.2 Å². The molecule has 1 fully saturated rings. The Morgan fingerprint density at radius 2 is 1.76 bits per heavy atom. The van der Waals surface area contributed by atoms with Crippen LogP contribution < -0.4 is 9.62 Å². The number of piperazine rings is 1. The number of sulfonamides is 1. The van der Waals surface area contributed by atoms with Crippen LogP contribution in [0, 0.1) is 26.6 Å². The maximum absolute atomic E-state index is 14.1. The highest BCUT2D eigenvalue weighted by Gasteiger charge is 2.27. The van der Waals surface area contributed by atoms with Crippen molar-refractivity contribution in [3.05, 3.63) is 70.0 Å². The molecule has 1 N–H and O–H groups in total. The van der Waals surface area contributed by atoms with E-state index in [0.29, 0.717) is 48.0 Å². The predicted octanol–water partition coefficient (Wildman–Crippen LogP) is 3.97. The molecule has 7 nitrogen and oxygen atoms in total. The molecule has 0 spiro atoms. The highest BCUT2D eigenvalue weighted by Crippen LogP contribution is 2.28. The Hall–Kier alpha value is -2.98. The Bertz CT molecular complexity index is 1300. The number of carbonyl (C=O) groups is 1. The van der Waals surface area contributed by atoms with Crippen molar-refractivity contribution < 1.29 is 17.6 Å². The number of amides is 1. The van der Waals surface area contributed by atoms with Crippen LogP contribution in [0.5, 0.6) is 0 Å². The lowest BCUT2D eigenvalue weighted by Crippen LogP contribution is -2.49. The summed E-state index contributed by atoms with van der Waals surface area (Å²) in [5.74, 6) is -0.480. The maximum atomic E-state index is 14.1. The second kappa shape index (κ2) is 9.11. The van der Waals surface area contributed by atoms with Gasteiger partial charge in [-0.3, -0.25) is 9.52 Å². The van der Waals surface area contributed by atoms with Crippen LogP contribution in [0.2, 0.25) is 0 Å². The molecule has 0 radical (unpaired) electrons. The van der Waals surface area contributed by atoms with Gasteiger partial charge in [0.2, 0.25) is 0 Å². The van der Waals surface area contributed by atoms with Crippen LogP contribution in [0.15, 0.2) is 47.4 Å². The van der Waals surface area contributed by atoms with Gasteiger partial charge in [-0.05, 0) is 44.5 Å². The number of rotatable bonds is 5. The number of aromatic nitrogens is 1. The third kappa shape index (κ3) is 4.86. The van der Waals surface area contributed by atoms with Gasteiger partial charge in [0.25, 0.3) is 15.9 Å². The molecular formula is C23H25FN4O3S2. The van der Waals surface area contributed by atoms with Gasteiger partial charge in [-0.15, -0.1) is 0 Å². The Kier molecular flexibility index (Phi) is 6.40. The first-order valence-corrected chi connectivity index (χ1v) is 12.8. The number of hydrogen-bond donors (Lipinski definition) is 1. The van der Waals surface area contributed by atoms with Crippen LogP contribution in [0.25, 0.3) is 0 Å². The Morgan fingerprint density at radius 1 is 1.06 bits per heavy atom. The van der Waals surface area contributed by atoms with Crippen LogP contribution in [0.1, 0.15) is 26.5 Å². The summed E-state index contributed by atoms with van der Waals surface area (Å²) in [4.78, 5) is 21.6. The Balaban J connectivity index is 1.46. The number of hydrogen-bond acceptors (Lipinski definition) is 6. The quantitative estimate of drug-likeness (QED) is 0.588. The molecular weight excluding hydrogens is 463 g/mol. The van der Waals surface area contributed by atoms with Gasteiger partial charge in [0.05, 0.1) is 16.3 Å². The van der Waals surface area contributed by atoms with Crippen LogP contribution >= 0.6 is 11.3 Å². The van der Waals surface area contributed by atoms with Crippen molar-refractivity contribution in [2.75, 3.05) is 35.8 Å². The number of halogens is 1. The van der Waals surface area contributed by atoms with E-state index < -0.39 is 10.0 Å². The van der Waals surface area contributed by atoms with Crippen molar-refractivity contribution in [3.63, 3.8) is 0 Å². The summed E-state index contributed by atoms with van der Waals surface area (Å²) in [6.45, 7) is 7.23. The topological polar surface area (TPSA) is 82.6 Å². The smallest absolute Gasteiger partial charge is 0.266 e. The zero-order valence-corrected chi connectivity index (χ0v) is 20.3. The second-order valence-corrected chi connectivity index (χ2v) is 10.7. The zero-order valence-electron chi connectivity index (χ0n) is 18.6. The van der Waals surface area contributed by atoms with E-state index in [2.05, 4.69) is 9.71 Å². The van der Waals surface area contributed by atoms with Crippen LogP contribution in [0.4, 0.5) is 15.2 Å². The summed E-state index contributed by atoms with van der Waals surface area (Å²) < 4.78 is 42.3. The lowest BCUT2D eigenvalue weighted by atomic mass is 10.2. The van der Waals surface area contributed by atoms with E-state index in [1.165, 1.54) is 6.07 Å². The van der Waals surface area contributed by atoms with Gasteiger partial charge >= 0.3 is 0 Å². The SMILES string of the molecule is Cc1ccc(S(=O)(=O)Nc2nc(C)c(C(=O)N3CCN(c4ccccc4F)CC3)s2)c(C)c1. The summed E-state index contributed by atoms with van der Waals surface area (Å²) in [5.41, 5.74) is 2.61. The van der Waals surface area contributed by atoms with E-state index in [9.17, 15) is 17.6 Å². The molecule has 1 amide bonds. The number of anilines is 2. The molecule has 1 aliphatic rings. The third-order valence-electron chi connectivity index (χ3n) is 5.59. The van der Waals surface area contributed by atoms with Crippen molar-refractivity contribution >= 4 is 38.1 Å². The van der Waals surface area contributed by atoms with Gasteiger partial charge in [-0.25, -0.2) is 17.8 Å². The van der Waals surface area contributed by atoms with E-state index in [-0.39, 0.29) is 21.8 Å². The van der Waals surface area contributed by atoms with E-state index in [1.807, 2.05) is 11.8 Å². The molecule has 0 unspecified atom stereocenters. The minimum Gasteiger partial charge on any atom is -0.366 e. The molecule has 1 aliphatic heterocycles. The summed E-state index contributed by atoms with van der Waals surface area (Å²) in [6.07, 6.45) is 0. The highest BCUT2D eigenvalue weighted by molar-refractivity contribution is 7.93. The first-order chi connectivity index (χ1) is 15.7. The van der Waals surface area contributed by atoms with Crippen LogP contribution in [-0.4, -0.2) is 50.4 Å². The first kappa shape index (κ1) is 23.2. The lowest BCUT2D eigenvalue weighted by Gasteiger charge is -2.36. The van der Waals surface area contributed by atoms with Crippen molar-refractivity contribution in [2.24, 2.45) is 0 Å². The Labute approximate surface area is 196 Å². The summed E-state index contributed by atoms with van der Waals surface area (Å²) in [5, 5.41) is 0.154. The number of para-hydroxylation sites is 1. The molecule has 174 valence electrons. The molecule has 10 heteroatoms. The fourth-order valence-electron chi connectivity index (χ4n) is 3.91. The molecule has 0 saturated carbocycles. The first-order valence-electron chi connectivity index (χ1n) is 10.5. The Morgan fingerprint density at radius 3 is 2.42 bits per heavy atom. The van der Waals surface area contributed by atoms with E-state index in [4.69, 9.17) is 0 Å². The van der Waals surface area contributed by atoms with Gasteiger partial charge in [0.1, 0.15) is 10.7 Å². The zero-order chi connectivity index (χ0) is 23.8. The molecule has 33 heavy (non-hydrogen) atoms. The molecule has 1 aromatic heterocycles. The van der Waals surface area contributed by atoms with Crippen molar-refractivity contribution in [1.29, 1.82) is 0 Å². The summed E-state index contributed by atoms with van der Waals surface area (Å²) in [7, 11) is -3.83. The maximum Gasteiger partial charge on any atom is 0.266 e. The summed E-state index contributed by atoms with van der Waals surface area (Å²) in [6, 6.07) is 11.7. The molecule has 1 saturated heterocycles. The summed E-state index contributed by atoms with van der Waals surface area (Å²) >= 11 is 1.03. The van der Waals surface area contributed by atoms with Crippen molar-refractivity contribution in [2.45, 2.75) is 25.7 Å². The van der Waals surface area contributed by atoms with E-state index >= 15 is 0 Å². The fourth-order valence-corrected chi connectivity index (χ4v) is 6.31. The number of thiazole rings is 1. The molecule has 4 rings (SSSR count). The number of nitrogens with one attached hydrogen (secondary N) is 1. The standard InChI is InChI=1S/C23H25FN4O3S2/c1-15-8-9-20(16(2)14-15)33(30,31)26-23-25-17(3)21(32-23)22(29)28-12-10-27(11-13-28)19-7-5-4-6-18(19)24/h4-9,14H,10-13H2,1-3H3,(H,25,26). The molecule has 2 heterocycles. The minimum absolute atomic E-state index is 0.154. The average Bonchev–Trinajstić information content (AvgIpc) is 3.12. The van der Waals surface area contributed by atoms with Gasteiger partial charge in [0, 0.05) is 26.2 Å². The van der Waals surface area contributed by atoms with Gasteiger partial charge in [0.15, 0.2) is 5.13 Å². The largest absolute Gasteiger partial charge is 0.366 e. The fraction of sp³-hybridized carbons (Fsp3) is 0.304. The van der Waals surface area contributed by atoms with Crippen LogP contribution in [-0.2, 0) is 10.0 Å². The van der Waals surface area contributed by atoms with Crippen molar-refractivity contribution in [3.8, 4) is 0 Å². The monoisotopic (exact) mass is 488 g/mol. The average molecular weight is 489 g/mol. The van der Waals surface area contributed by atoms with Gasteiger partial charge < -0.3 is 9.80 Å². The number of benzene rings is 2.